The van der Waals surface area contributed by atoms with Crippen molar-refractivity contribution in [2.75, 3.05) is 11.9 Å². The molecule has 7 heteroatoms. The van der Waals surface area contributed by atoms with Crippen molar-refractivity contribution in [1.82, 2.24) is 5.32 Å². The third-order valence-corrected chi connectivity index (χ3v) is 3.28. The summed E-state index contributed by atoms with van der Waals surface area (Å²) in [6.45, 7) is 4.46. The summed E-state index contributed by atoms with van der Waals surface area (Å²) in [4.78, 5) is 22.8. The predicted octanol–water partition coefficient (Wildman–Crippen LogP) is 3.69. The maximum atomic E-state index is 11.7. The molecule has 3 N–H and O–H groups in total. The first-order chi connectivity index (χ1) is 8.81. The summed E-state index contributed by atoms with van der Waals surface area (Å²) < 4.78 is 1.11. The molecule has 0 fully saturated rings. The van der Waals surface area contributed by atoms with E-state index < -0.39 is 12.0 Å². The number of aromatic carboxylic acids is 1. The molecule has 0 heterocycles. The zero-order valence-electron chi connectivity index (χ0n) is 10.5. The average molecular weight is 394 g/mol. The van der Waals surface area contributed by atoms with Gasteiger partial charge in [-0.3, -0.25) is 0 Å². The van der Waals surface area contributed by atoms with E-state index in [2.05, 4.69) is 42.5 Å². The van der Waals surface area contributed by atoms with Crippen LogP contribution in [-0.2, 0) is 0 Å². The zero-order valence-corrected chi connectivity index (χ0v) is 13.6. The Balaban J connectivity index is 2.94. The highest BCUT2D eigenvalue weighted by atomic mass is 79.9. The van der Waals surface area contributed by atoms with Crippen molar-refractivity contribution in [1.29, 1.82) is 0 Å². The van der Waals surface area contributed by atoms with Crippen molar-refractivity contribution >= 4 is 49.5 Å². The van der Waals surface area contributed by atoms with E-state index >= 15 is 0 Å². The SMILES string of the molecule is CC(C)CNC(=O)Nc1c(Br)cc(Br)cc1C(=O)O. The van der Waals surface area contributed by atoms with E-state index in [4.69, 9.17) is 5.11 Å². The molecule has 2 amide bonds. The van der Waals surface area contributed by atoms with Gasteiger partial charge in [-0.2, -0.15) is 0 Å². The number of carboxylic acid groups (broad SMARTS) is 1. The Morgan fingerprint density at radius 3 is 2.47 bits per heavy atom. The lowest BCUT2D eigenvalue weighted by atomic mass is 10.2. The van der Waals surface area contributed by atoms with Crippen molar-refractivity contribution in [2.24, 2.45) is 5.92 Å². The maximum Gasteiger partial charge on any atom is 0.337 e. The van der Waals surface area contributed by atoms with Crippen LogP contribution in [0.1, 0.15) is 24.2 Å². The van der Waals surface area contributed by atoms with E-state index in [9.17, 15) is 9.59 Å². The second kappa shape index (κ2) is 6.91. The molecule has 1 aromatic rings. The smallest absolute Gasteiger partial charge is 0.337 e. The monoisotopic (exact) mass is 392 g/mol. The first-order valence-electron chi connectivity index (χ1n) is 5.58. The Hall–Kier alpha value is -1.08. The van der Waals surface area contributed by atoms with Crippen LogP contribution in [0.15, 0.2) is 21.1 Å². The first-order valence-corrected chi connectivity index (χ1v) is 7.17. The van der Waals surface area contributed by atoms with Crippen LogP contribution in [0.5, 0.6) is 0 Å². The summed E-state index contributed by atoms with van der Waals surface area (Å²) in [6, 6.07) is 2.68. The summed E-state index contributed by atoms with van der Waals surface area (Å²) in [6.07, 6.45) is 0. The Kier molecular flexibility index (Phi) is 5.81. The number of amides is 2. The summed E-state index contributed by atoms with van der Waals surface area (Å²) in [5.74, 6) is -0.792. The third kappa shape index (κ3) is 4.83. The fraction of sp³-hybridized carbons (Fsp3) is 0.333. The molecule has 1 rings (SSSR count). The van der Waals surface area contributed by atoms with Gasteiger partial charge in [-0.25, -0.2) is 9.59 Å². The molecule has 0 radical (unpaired) electrons. The van der Waals surface area contributed by atoms with Crippen LogP contribution in [0.3, 0.4) is 0 Å². The average Bonchev–Trinajstić information content (AvgIpc) is 2.29. The van der Waals surface area contributed by atoms with Crippen LogP contribution in [-0.4, -0.2) is 23.7 Å². The zero-order chi connectivity index (χ0) is 14.6. The highest BCUT2D eigenvalue weighted by molar-refractivity contribution is 9.11. The number of carboxylic acids is 1. The normalized spacial score (nSPS) is 10.4. The Morgan fingerprint density at radius 1 is 1.32 bits per heavy atom. The molecule has 0 atom stereocenters. The van der Waals surface area contributed by atoms with Crippen LogP contribution < -0.4 is 10.6 Å². The van der Waals surface area contributed by atoms with Crippen LogP contribution in [0.2, 0.25) is 0 Å². The van der Waals surface area contributed by atoms with Gasteiger partial charge in [0.2, 0.25) is 0 Å². The summed E-state index contributed by atoms with van der Waals surface area (Å²) in [5, 5.41) is 14.3. The molecule has 5 nitrogen and oxygen atoms in total. The van der Waals surface area contributed by atoms with Crippen molar-refractivity contribution in [2.45, 2.75) is 13.8 Å². The van der Waals surface area contributed by atoms with Gasteiger partial charge in [-0.05, 0) is 34.0 Å². The number of carbonyl (C=O) groups excluding carboxylic acids is 1. The number of urea groups is 1. The standard InChI is InChI=1S/C12H14Br2N2O3/c1-6(2)5-15-12(19)16-10-8(11(17)18)3-7(13)4-9(10)14/h3-4,6H,5H2,1-2H3,(H,17,18)(H2,15,16,19). The van der Waals surface area contributed by atoms with E-state index in [1.165, 1.54) is 6.07 Å². The number of nitrogens with one attached hydrogen (secondary N) is 2. The second-order valence-corrected chi connectivity index (χ2v) is 6.11. The predicted molar refractivity (Wildman–Crippen MR) is 80.7 cm³/mol. The van der Waals surface area contributed by atoms with Crippen molar-refractivity contribution in [3.63, 3.8) is 0 Å². The lowest BCUT2D eigenvalue weighted by molar-refractivity contribution is 0.0698. The van der Waals surface area contributed by atoms with Gasteiger partial charge in [0.25, 0.3) is 0 Å². The van der Waals surface area contributed by atoms with Crippen molar-refractivity contribution in [3.8, 4) is 0 Å². The molecule has 0 aliphatic heterocycles. The third-order valence-electron chi connectivity index (χ3n) is 2.19. The van der Waals surface area contributed by atoms with Crippen LogP contribution in [0.25, 0.3) is 0 Å². The Labute approximate surface area is 128 Å². The number of halogens is 2. The minimum Gasteiger partial charge on any atom is -0.478 e. The number of carbonyl (C=O) groups is 2. The van der Waals surface area contributed by atoms with E-state index in [1.54, 1.807) is 6.07 Å². The Morgan fingerprint density at radius 2 is 1.95 bits per heavy atom. The molecule has 19 heavy (non-hydrogen) atoms. The largest absolute Gasteiger partial charge is 0.478 e. The quantitative estimate of drug-likeness (QED) is 0.729. The number of hydrogen-bond acceptors (Lipinski definition) is 2. The van der Waals surface area contributed by atoms with Crippen molar-refractivity contribution < 1.29 is 14.7 Å². The fourth-order valence-electron chi connectivity index (χ4n) is 1.32. The molecule has 0 saturated carbocycles. The topological polar surface area (TPSA) is 78.4 Å². The van der Waals surface area contributed by atoms with E-state index in [0.717, 1.165) is 0 Å². The van der Waals surface area contributed by atoms with Gasteiger partial charge in [0.1, 0.15) is 0 Å². The van der Waals surface area contributed by atoms with E-state index in [-0.39, 0.29) is 11.3 Å². The van der Waals surface area contributed by atoms with Crippen LogP contribution in [0.4, 0.5) is 10.5 Å². The number of rotatable bonds is 4. The minimum atomic E-state index is -1.11. The molecule has 0 aliphatic carbocycles. The van der Waals surface area contributed by atoms with Gasteiger partial charge in [0.05, 0.1) is 11.3 Å². The molecule has 0 saturated heterocycles. The number of hydrogen-bond donors (Lipinski definition) is 3. The first kappa shape index (κ1) is 16.0. The minimum absolute atomic E-state index is 0.0148. The highest BCUT2D eigenvalue weighted by Crippen LogP contribution is 2.30. The fourth-order valence-corrected chi connectivity index (χ4v) is 2.65. The van der Waals surface area contributed by atoms with E-state index in [1.807, 2.05) is 13.8 Å². The number of benzene rings is 1. The lowest BCUT2D eigenvalue weighted by Crippen LogP contribution is -2.32. The van der Waals surface area contributed by atoms with Gasteiger partial charge in [0.15, 0.2) is 0 Å². The molecule has 1 aromatic carbocycles. The summed E-state index contributed by atoms with van der Waals surface area (Å²) in [5.41, 5.74) is 0.248. The van der Waals surface area contributed by atoms with Gasteiger partial charge in [-0.1, -0.05) is 29.8 Å². The molecule has 0 aliphatic rings. The molecule has 0 unspecified atom stereocenters. The molecule has 0 aromatic heterocycles. The molecular weight excluding hydrogens is 380 g/mol. The summed E-state index contributed by atoms with van der Waals surface area (Å²) >= 11 is 6.45. The van der Waals surface area contributed by atoms with Gasteiger partial charge >= 0.3 is 12.0 Å². The molecular formula is C12H14Br2N2O3. The number of anilines is 1. The molecule has 104 valence electrons. The van der Waals surface area contributed by atoms with Crippen LogP contribution >= 0.6 is 31.9 Å². The van der Waals surface area contributed by atoms with E-state index in [0.29, 0.717) is 21.4 Å². The molecule has 0 spiro atoms. The van der Waals surface area contributed by atoms with Gasteiger partial charge in [-0.15, -0.1) is 0 Å². The Bertz CT molecular complexity index is 504. The van der Waals surface area contributed by atoms with Gasteiger partial charge < -0.3 is 15.7 Å². The summed E-state index contributed by atoms with van der Waals surface area (Å²) in [7, 11) is 0. The van der Waals surface area contributed by atoms with Gasteiger partial charge in [0, 0.05) is 15.5 Å². The highest BCUT2D eigenvalue weighted by Gasteiger charge is 2.16. The maximum absolute atomic E-state index is 11.7. The second-order valence-electron chi connectivity index (χ2n) is 4.34. The molecule has 0 bridgehead atoms. The lowest BCUT2D eigenvalue weighted by Gasteiger charge is -2.13. The van der Waals surface area contributed by atoms with Crippen molar-refractivity contribution in [3.05, 3.63) is 26.6 Å². The van der Waals surface area contributed by atoms with Crippen LogP contribution in [0, 0.1) is 5.92 Å².